The fourth-order valence-electron chi connectivity index (χ4n) is 1.43. The lowest BCUT2D eigenvalue weighted by atomic mass is 10.2. The van der Waals surface area contributed by atoms with E-state index in [9.17, 15) is 24.7 Å². The largest absolute Gasteiger partial charge is 0.624 e. The zero-order valence-electron chi connectivity index (χ0n) is 11.2. The Morgan fingerprint density at radius 1 is 1.38 bits per heavy atom. The van der Waals surface area contributed by atoms with Crippen LogP contribution in [0.3, 0.4) is 0 Å². The van der Waals surface area contributed by atoms with E-state index in [1.54, 1.807) is 0 Å². The first-order chi connectivity index (χ1) is 9.77. The number of aliphatic carboxylic acids is 1. The number of hydrogen-bond acceptors (Lipinski definition) is 8. The van der Waals surface area contributed by atoms with Crippen LogP contribution in [0.15, 0.2) is 24.3 Å². The number of carboxylic acid groups (broad SMARTS) is 2. The van der Waals surface area contributed by atoms with Crippen LogP contribution in [-0.2, 0) is 9.32 Å². The molecule has 2 atom stereocenters. The molecular formula is C12H14NO7P-2. The Kier molecular flexibility index (Phi) is 6.04. The summed E-state index contributed by atoms with van der Waals surface area (Å²) in [6.45, 7) is 0. The molecule has 0 aliphatic carbocycles. The minimum absolute atomic E-state index is 0.00362. The van der Waals surface area contributed by atoms with Crippen molar-refractivity contribution in [1.29, 1.82) is 0 Å². The smallest absolute Gasteiger partial charge is 0.284 e. The highest BCUT2D eigenvalue weighted by atomic mass is 31.2. The minimum Gasteiger partial charge on any atom is -0.624 e. The third-order valence-corrected chi connectivity index (χ3v) is 4.46. The van der Waals surface area contributed by atoms with Crippen molar-refractivity contribution in [2.75, 3.05) is 13.3 Å². The fourth-order valence-corrected chi connectivity index (χ4v) is 2.81. The number of carboxylic acids is 2. The minimum atomic E-state index is -3.65. The molecule has 21 heavy (non-hydrogen) atoms. The van der Waals surface area contributed by atoms with Crippen LogP contribution in [0.5, 0.6) is 5.75 Å². The van der Waals surface area contributed by atoms with Gasteiger partial charge in [0, 0.05) is 18.0 Å². The highest BCUT2D eigenvalue weighted by Crippen LogP contribution is 2.52. The first-order valence-electron chi connectivity index (χ1n) is 5.89. The van der Waals surface area contributed by atoms with E-state index in [0.717, 1.165) is 13.2 Å². The van der Waals surface area contributed by atoms with Crippen molar-refractivity contribution in [3.63, 3.8) is 0 Å². The Bertz CT molecular complexity index is 524. The average Bonchev–Trinajstić information content (AvgIpc) is 2.44. The monoisotopic (exact) mass is 315 g/mol. The first kappa shape index (κ1) is 17.3. The molecule has 1 rings (SSSR count). The van der Waals surface area contributed by atoms with Crippen molar-refractivity contribution >= 4 is 19.9 Å². The Morgan fingerprint density at radius 2 is 2.05 bits per heavy atom. The molecule has 2 N–H and O–H groups in total. The van der Waals surface area contributed by atoms with Gasteiger partial charge in [-0.05, 0) is 12.1 Å². The summed E-state index contributed by atoms with van der Waals surface area (Å²) in [5.41, 5.74) is 5.10. The number of benzene rings is 1. The van der Waals surface area contributed by atoms with E-state index >= 15 is 0 Å². The predicted molar refractivity (Wildman–Crippen MR) is 67.8 cm³/mol. The summed E-state index contributed by atoms with van der Waals surface area (Å²) in [4.78, 5) is 33.5. The van der Waals surface area contributed by atoms with Crippen molar-refractivity contribution < 1.29 is 33.7 Å². The van der Waals surface area contributed by atoms with Crippen LogP contribution in [0.2, 0.25) is 0 Å². The van der Waals surface area contributed by atoms with E-state index < -0.39 is 25.9 Å². The molecule has 0 aromatic heterocycles. The molecule has 0 fully saturated rings. The number of carbonyl (C=O) groups excluding carboxylic acids is 2. The maximum absolute atomic E-state index is 12.3. The first-order valence-corrected chi connectivity index (χ1v) is 7.62. The SMILES string of the molecule is CO[P+]([O-])(CCC(N)C(=O)[O-])Oc1cccc(C(=O)[O-])c1. The van der Waals surface area contributed by atoms with Crippen molar-refractivity contribution in [2.24, 2.45) is 5.73 Å². The zero-order chi connectivity index (χ0) is 16.0. The molecule has 0 spiro atoms. The highest BCUT2D eigenvalue weighted by Gasteiger charge is 2.31. The van der Waals surface area contributed by atoms with Crippen molar-refractivity contribution in [1.82, 2.24) is 0 Å². The lowest BCUT2D eigenvalue weighted by molar-refractivity contribution is -0.307. The van der Waals surface area contributed by atoms with Gasteiger partial charge in [-0.3, -0.25) is 0 Å². The third kappa shape index (κ3) is 5.28. The van der Waals surface area contributed by atoms with Gasteiger partial charge in [0.05, 0.1) is 19.0 Å². The number of rotatable bonds is 8. The van der Waals surface area contributed by atoms with Gasteiger partial charge in [-0.1, -0.05) is 12.1 Å². The predicted octanol–water partition coefficient (Wildman–Crippen LogP) is -2.33. The third-order valence-electron chi connectivity index (χ3n) is 2.61. The summed E-state index contributed by atoms with van der Waals surface area (Å²) in [7, 11) is -2.52. The molecule has 116 valence electrons. The molecule has 2 unspecified atom stereocenters. The Balaban J connectivity index is 2.78. The van der Waals surface area contributed by atoms with E-state index in [1.165, 1.54) is 18.2 Å². The molecule has 0 aliphatic heterocycles. The lowest BCUT2D eigenvalue weighted by Crippen LogP contribution is -2.43. The molecule has 0 radical (unpaired) electrons. The van der Waals surface area contributed by atoms with Gasteiger partial charge in [-0.25, -0.2) is 4.52 Å². The van der Waals surface area contributed by atoms with Crippen molar-refractivity contribution in [2.45, 2.75) is 12.5 Å². The fraction of sp³-hybridized carbons (Fsp3) is 0.333. The summed E-state index contributed by atoms with van der Waals surface area (Å²) < 4.78 is 9.92. The molecule has 0 bridgehead atoms. The van der Waals surface area contributed by atoms with Gasteiger partial charge < -0.3 is 35.0 Å². The Labute approximate surface area is 121 Å². The van der Waals surface area contributed by atoms with Gasteiger partial charge in [0.15, 0.2) is 5.75 Å². The van der Waals surface area contributed by atoms with Crippen LogP contribution >= 0.6 is 7.94 Å². The van der Waals surface area contributed by atoms with Gasteiger partial charge in [0.1, 0.15) is 6.16 Å². The number of carbonyl (C=O) groups is 2. The van der Waals surface area contributed by atoms with Crippen molar-refractivity contribution in [3.05, 3.63) is 29.8 Å². The Morgan fingerprint density at radius 3 is 2.57 bits per heavy atom. The average molecular weight is 315 g/mol. The van der Waals surface area contributed by atoms with Crippen LogP contribution in [0.25, 0.3) is 0 Å². The zero-order valence-corrected chi connectivity index (χ0v) is 12.1. The summed E-state index contributed by atoms with van der Waals surface area (Å²) in [6, 6.07) is 3.88. The van der Waals surface area contributed by atoms with Crippen LogP contribution in [0, 0.1) is 0 Å². The van der Waals surface area contributed by atoms with E-state index in [-0.39, 0.29) is 23.9 Å². The van der Waals surface area contributed by atoms with Crippen LogP contribution in [0.4, 0.5) is 0 Å². The van der Waals surface area contributed by atoms with Gasteiger partial charge in [-0.15, -0.1) is 0 Å². The maximum atomic E-state index is 12.3. The van der Waals surface area contributed by atoms with Crippen LogP contribution < -0.4 is 25.4 Å². The maximum Gasteiger partial charge on any atom is 0.284 e. The normalized spacial score (nSPS) is 15.0. The van der Waals surface area contributed by atoms with Gasteiger partial charge in [0.2, 0.25) is 0 Å². The summed E-state index contributed by atoms with van der Waals surface area (Å²) in [5.74, 6) is -2.88. The van der Waals surface area contributed by atoms with Crippen LogP contribution in [0.1, 0.15) is 16.8 Å². The molecule has 1 aromatic rings. The summed E-state index contributed by atoms with van der Waals surface area (Å²) in [5, 5.41) is 21.2. The lowest BCUT2D eigenvalue weighted by Gasteiger charge is -2.27. The second kappa shape index (κ2) is 7.33. The van der Waals surface area contributed by atoms with E-state index in [4.69, 9.17) is 14.8 Å². The molecule has 0 aliphatic rings. The molecule has 0 heterocycles. The quantitative estimate of drug-likeness (QED) is 0.525. The molecular weight excluding hydrogens is 301 g/mol. The van der Waals surface area contributed by atoms with Gasteiger partial charge >= 0.3 is 0 Å². The molecule has 9 heteroatoms. The number of nitrogens with two attached hydrogens (primary N) is 1. The Hall–Kier alpha value is -1.73. The summed E-state index contributed by atoms with van der Waals surface area (Å²) >= 11 is 0. The second-order valence-electron chi connectivity index (χ2n) is 4.14. The molecule has 1 aromatic carbocycles. The number of hydrogen-bond donors (Lipinski definition) is 1. The highest BCUT2D eigenvalue weighted by molar-refractivity contribution is 7.59. The second-order valence-corrected chi connectivity index (χ2v) is 6.35. The standard InChI is InChI=1S/C12H16NO7P/c1-19-21(18,6-5-10(13)12(16)17)20-9-4-2-3-8(7-9)11(14)15/h2-4,7,10H,5-6,13H2,1H3,(H,14,15)(H,16,17)/p-2. The van der Waals surface area contributed by atoms with Gasteiger partial charge in [0.25, 0.3) is 7.94 Å². The van der Waals surface area contributed by atoms with Crippen LogP contribution in [-0.4, -0.2) is 31.3 Å². The topological polar surface area (TPSA) is 148 Å². The molecule has 8 nitrogen and oxygen atoms in total. The van der Waals surface area contributed by atoms with Crippen molar-refractivity contribution in [3.8, 4) is 5.75 Å². The number of aromatic carboxylic acids is 1. The molecule has 0 amide bonds. The van der Waals surface area contributed by atoms with E-state index in [1.807, 2.05) is 0 Å². The van der Waals surface area contributed by atoms with E-state index in [2.05, 4.69) is 0 Å². The van der Waals surface area contributed by atoms with Gasteiger partial charge in [-0.2, -0.15) is 0 Å². The molecule has 0 saturated heterocycles. The molecule has 0 saturated carbocycles. The summed E-state index contributed by atoms with van der Waals surface area (Å²) in [6.07, 6.45) is -0.429. The van der Waals surface area contributed by atoms with E-state index in [0.29, 0.717) is 0 Å².